The van der Waals surface area contributed by atoms with E-state index in [4.69, 9.17) is 9.31 Å². The van der Waals surface area contributed by atoms with Gasteiger partial charge in [-0.2, -0.15) is 4.98 Å². The molecule has 0 amide bonds. The number of benzene rings is 2. The van der Waals surface area contributed by atoms with Crippen LogP contribution < -0.4 is 15.0 Å². The molecule has 3 aromatic rings. The van der Waals surface area contributed by atoms with Crippen molar-refractivity contribution < 1.29 is 9.31 Å². The Morgan fingerprint density at radius 3 is 2.30 bits per heavy atom. The summed E-state index contributed by atoms with van der Waals surface area (Å²) in [6.45, 7) is 0. The van der Waals surface area contributed by atoms with Gasteiger partial charge in [-0.1, -0.05) is 30.3 Å². The molecule has 23 heavy (non-hydrogen) atoms. The number of H-pyrrole nitrogens is 1. The summed E-state index contributed by atoms with van der Waals surface area (Å²) >= 11 is 0. The first-order valence-electron chi connectivity index (χ1n) is 7.10. The SMILES string of the molecule is BOc1ccc(-c2cc(-c3ccccc3)nc(=O)[nH]2)cc1OB. The fourth-order valence-electron chi connectivity index (χ4n) is 2.37. The van der Waals surface area contributed by atoms with Crippen LogP contribution in [0.15, 0.2) is 59.4 Å². The van der Waals surface area contributed by atoms with E-state index in [1.54, 1.807) is 22.2 Å². The van der Waals surface area contributed by atoms with Gasteiger partial charge in [0.05, 0.1) is 11.4 Å². The Morgan fingerprint density at radius 1 is 0.870 bits per heavy atom. The predicted octanol–water partition coefficient (Wildman–Crippen LogP) is 0.958. The molecule has 2 aromatic carbocycles. The van der Waals surface area contributed by atoms with Crippen molar-refractivity contribution in [2.75, 3.05) is 0 Å². The molecule has 1 aromatic heterocycles. The van der Waals surface area contributed by atoms with Crippen molar-refractivity contribution in [3.8, 4) is 34.0 Å². The van der Waals surface area contributed by atoms with Gasteiger partial charge in [0.1, 0.15) is 11.5 Å². The second kappa shape index (κ2) is 6.44. The lowest BCUT2D eigenvalue weighted by Gasteiger charge is -2.11. The van der Waals surface area contributed by atoms with Crippen LogP contribution in [-0.2, 0) is 0 Å². The number of nitrogens with one attached hydrogen (secondary N) is 1. The molecule has 0 spiro atoms. The average molecular weight is 304 g/mol. The summed E-state index contributed by atoms with van der Waals surface area (Å²) in [4.78, 5) is 18.7. The highest BCUT2D eigenvalue weighted by atomic mass is 16.5. The van der Waals surface area contributed by atoms with Crippen LogP contribution in [0.2, 0.25) is 0 Å². The van der Waals surface area contributed by atoms with E-state index >= 15 is 0 Å². The first-order chi connectivity index (χ1) is 11.2. The number of aromatic amines is 1. The lowest BCUT2D eigenvalue weighted by molar-refractivity contribution is 0.541. The second-order valence-corrected chi connectivity index (χ2v) is 4.92. The Kier molecular flexibility index (Phi) is 4.19. The van der Waals surface area contributed by atoms with Crippen molar-refractivity contribution in [1.82, 2.24) is 9.97 Å². The van der Waals surface area contributed by atoms with Crippen LogP contribution in [0.25, 0.3) is 22.5 Å². The van der Waals surface area contributed by atoms with Gasteiger partial charge >= 0.3 is 21.8 Å². The lowest BCUT2D eigenvalue weighted by atomic mass is 10.1. The van der Waals surface area contributed by atoms with Gasteiger partial charge in [0.25, 0.3) is 0 Å². The molecule has 0 saturated carbocycles. The first-order valence-corrected chi connectivity index (χ1v) is 7.10. The van der Waals surface area contributed by atoms with E-state index in [0.29, 0.717) is 22.9 Å². The topological polar surface area (TPSA) is 64.2 Å². The fourth-order valence-corrected chi connectivity index (χ4v) is 2.37. The van der Waals surface area contributed by atoms with Crippen molar-refractivity contribution in [3.05, 3.63) is 65.1 Å². The maximum atomic E-state index is 11.9. The summed E-state index contributed by atoms with van der Waals surface area (Å²) in [7, 11) is 3.16. The Balaban J connectivity index is 2.10. The van der Waals surface area contributed by atoms with Gasteiger partial charge in [-0.05, 0) is 24.3 Å². The minimum atomic E-state index is -0.392. The Hall–Kier alpha value is -2.95. The standard InChI is InChI=1S/C16H14B2N2O3/c17-22-14-7-6-11(8-15(14)23-18)13-9-12(19-16(21)20-13)10-4-2-1-3-5-10/h1-9H,17-18H2,(H,19,20,21). The largest absolute Gasteiger partial charge is 0.565 e. The monoisotopic (exact) mass is 304 g/mol. The molecule has 1 heterocycles. The molecular weight excluding hydrogens is 290 g/mol. The minimum Gasteiger partial charge on any atom is -0.565 e. The summed E-state index contributed by atoms with van der Waals surface area (Å²) in [5.74, 6) is 1.24. The van der Waals surface area contributed by atoms with Crippen molar-refractivity contribution in [1.29, 1.82) is 0 Å². The average Bonchev–Trinajstić information content (AvgIpc) is 2.61. The Morgan fingerprint density at radius 2 is 1.61 bits per heavy atom. The van der Waals surface area contributed by atoms with Gasteiger partial charge in [-0.15, -0.1) is 0 Å². The van der Waals surface area contributed by atoms with Crippen LogP contribution in [0, 0.1) is 0 Å². The summed E-state index contributed by atoms with van der Waals surface area (Å²) in [6.07, 6.45) is 0. The van der Waals surface area contributed by atoms with E-state index < -0.39 is 5.69 Å². The zero-order valence-electron chi connectivity index (χ0n) is 12.9. The van der Waals surface area contributed by atoms with E-state index in [9.17, 15) is 4.79 Å². The number of hydrogen-bond donors (Lipinski definition) is 1. The molecule has 0 fully saturated rings. The van der Waals surface area contributed by atoms with Crippen LogP contribution in [0.5, 0.6) is 11.5 Å². The highest BCUT2D eigenvalue weighted by molar-refractivity contribution is 6.02. The van der Waals surface area contributed by atoms with Crippen molar-refractivity contribution in [3.63, 3.8) is 0 Å². The summed E-state index contributed by atoms with van der Waals surface area (Å²) in [5.41, 5.74) is 2.61. The molecule has 0 bridgehead atoms. The van der Waals surface area contributed by atoms with Crippen molar-refractivity contribution in [2.45, 2.75) is 0 Å². The normalized spacial score (nSPS) is 10.3. The molecule has 0 aliphatic heterocycles. The molecule has 0 aliphatic carbocycles. The van der Waals surface area contributed by atoms with Crippen LogP contribution in [0.1, 0.15) is 0 Å². The molecular formula is C16H14B2N2O3. The number of aromatic nitrogens is 2. The van der Waals surface area contributed by atoms with E-state index in [0.717, 1.165) is 11.1 Å². The highest BCUT2D eigenvalue weighted by Gasteiger charge is 2.09. The first kappa shape index (κ1) is 15.0. The van der Waals surface area contributed by atoms with E-state index in [1.165, 1.54) is 0 Å². The molecule has 7 heteroatoms. The van der Waals surface area contributed by atoms with Gasteiger partial charge in [-0.25, -0.2) is 4.79 Å². The summed E-state index contributed by atoms with van der Waals surface area (Å²) in [6, 6.07) is 16.9. The molecule has 112 valence electrons. The second-order valence-electron chi connectivity index (χ2n) is 4.92. The van der Waals surface area contributed by atoms with E-state index in [1.807, 2.05) is 48.5 Å². The molecule has 0 atom stereocenters. The molecule has 3 rings (SSSR count). The van der Waals surface area contributed by atoms with Gasteiger partial charge in [0.2, 0.25) is 0 Å². The Labute approximate surface area is 135 Å². The molecule has 1 N–H and O–H groups in total. The van der Waals surface area contributed by atoms with Crippen molar-refractivity contribution >= 4 is 16.1 Å². The maximum Gasteiger partial charge on any atom is 0.345 e. The van der Waals surface area contributed by atoms with Crippen molar-refractivity contribution in [2.24, 2.45) is 0 Å². The summed E-state index contributed by atoms with van der Waals surface area (Å²) in [5, 5.41) is 0. The molecule has 0 unspecified atom stereocenters. The van der Waals surface area contributed by atoms with E-state index in [2.05, 4.69) is 9.97 Å². The van der Waals surface area contributed by atoms with Crippen LogP contribution in [0.4, 0.5) is 0 Å². The lowest BCUT2D eigenvalue weighted by Crippen LogP contribution is -2.12. The minimum absolute atomic E-state index is 0.392. The highest BCUT2D eigenvalue weighted by Crippen LogP contribution is 2.31. The van der Waals surface area contributed by atoms with Crippen LogP contribution >= 0.6 is 0 Å². The quantitative estimate of drug-likeness (QED) is 0.729. The maximum absolute atomic E-state index is 11.9. The van der Waals surface area contributed by atoms with Gasteiger partial charge in [0, 0.05) is 11.1 Å². The third kappa shape index (κ3) is 3.13. The smallest absolute Gasteiger partial charge is 0.345 e. The van der Waals surface area contributed by atoms with E-state index in [-0.39, 0.29) is 0 Å². The van der Waals surface area contributed by atoms with Crippen LogP contribution in [0.3, 0.4) is 0 Å². The molecule has 0 saturated heterocycles. The number of rotatable bonds is 4. The van der Waals surface area contributed by atoms with Gasteiger partial charge in [0.15, 0.2) is 0 Å². The molecule has 5 nitrogen and oxygen atoms in total. The number of hydrogen-bond acceptors (Lipinski definition) is 4. The molecule has 0 radical (unpaired) electrons. The third-order valence-electron chi connectivity index (χ3n) is 3.51. The fraction of sp³-hybridized carbons (Fsp3) is 0. The molecule has 0 aliphatic rings. The summed E-state index contributed by atoms with van der Waals surface area (Å²) < 4.78 is 10.5. The van der Waals surface area contributed by atoms with Crippen LogP contribution in [-0.4, -0.2) is 26.1 Å². The third-order valence-corrected chi connectivity index (χ3v) is 3.51. The number of nitrogens with zero attached hydrogens (tertiary/aromatic N) is 1. The zero-order valence-corrected chi connectivity index (χ0v) is 12.9. The Bertz CT molecular complexity index is 882. The van der Waals surface area contributed by atoms with Gasteiger partial charge in [-0.3, -0.25) is 0 Å². The predicted molar refractivity (Wildman–Crippen MR) is 94.1 cm³/mol. The zero-order chi connectivity index (χ0) is 16.2. The van der Waals surface area contributed by atoms with Gasteiger partial charge < -0.3 is 14.3 Å².